The Morgan fingerprint density at radius 1 is 1.05 bits per heavy atom. The molecule has 0 atom stereocenters. The van der Waals surface area contributed by atoms with Crippen LogP contribution < -0.4 is 0 Å². The minimum Gasteiger partial charge on any atom is -0.460 e. The number of aryl methyl sites for hydroxylation is 1. The molecule has 0 N–H and O–H groups in total. The van der Waals surface area contributed by atoms with Crippen LogP contribution in [-0.4, -0.2) is 24.1 Å². The molecule has 0 amide bonds. The fourth-order valence-corrected chi connectivity index (χ4v) is 1.12. The topological polar surface area (TPSA) is 60.4 Å². The van der Waals surface area contributed by atoms with Crippen LogP contribution in [0.2, 0.25) is 0 Å². The molecule has 0 fully saturated rings. The van der Waals surface area contributed by atoms with Gasteiger partial charge in [-0.25, -0.2) is 4.79 Å². The molecule has 0 spiro atoms. The number of Topliss-reactive ketones (excluding diaryl/α,β-unsaturated/α-hetero) is 2. The molecule has 0 bridgehead atoms. The predicted molar refractivity (Wildman–Crippen MR) is 72.7 cm³/mol. The molecule has 1 rings (SSSR count). The summed E-state index contributed by atoms with van der Waals surface area (Å²) in [6.45, 7) is 5.48. The van der Waals surface area contributed by atoms with Gasteiger partial charge in [-0.3, -0.25) is 9.59 Å². The Morgan fingerprint density at radius 3 is 2.00 bits per heavy atom. The monoisotopic (exact) mass is 264 g/mol. The number of benzene rings is 1. The summed E-state index contributed by atoms with van der Waals surface area (Å²) < 4.78 is 4.41. The minimum atomic E-state index is -0.917. The first-order chi connectivity index (χ1) is 9.01. The van der Waals surface area contributed by atoms with Gasteiger partial charge in [0.15, 0.2) is 0 Å². The number of rotatable bonds is 5. The average Bonchev–Trinajstić information content (AvgIpc) is 2.40. The Balaban J connectivity index is 0.000000388. The largest absolute Gasteiger partial charge is 0.460 e. The van der Waals surface area contributed by atoms with Crippen LogP contribution in [0.3, 0.4) is 0 Å². The summed E-state index contributed by atoms with van der Waals surface area (Å²) in [5, 5.41) is 0. The predicted octanol–water partition coefficient (Wildman–Crippen LogP) is 2.48. The van der Waals surface area contributed by atoms with Gasteiger partial charge in [0.05, 0.1) is 13.0 Å². The van der Waals surface area contributed by atoms with Crippen molar-refractivity contribution in [2.45, 2.75) is 33.6 Å². The van der Waals surface area contributed by atoms with Gasteiger partial charge in [-0.1, -0.05) is 42.8 Å². The van der Waals surface area contributed by atoms with Crippen molar-refractivity contribution in [3.8, 4) is 0 Å². The first-order valence-corrected chi connectivity index (χ1v) is 6.24. The number of hydrogen-bond donors (Lipinski definition) is 0. The molecular formula is C15H20O4. The Hall–Kier alpha value is -1.97. The highest BCUT2D eigenvalue weighted by Gasteiger charge is 2.17. The maximum atomic E-state index is 10.8. The van der Waals surface area contributed by atoms with Crippen LogP contribution in [-0.2, 0) is 19.1 Å². The van der Waals surface area contributed by atoms with Gasteiger partial charge >= 0.3 is 5.97 Å². The van der Waals surface area contributed by atoms with E-state index in [4.69, 9.17) is 0 Å². The minimum absolute atomic E-state index is 0.158. The number of carbonyl (C=O) groups excluding carboxylic acids is 3. The summed E-state index contributed by atoms with van der Waals surface area (Å²) in [7, 11) is 0. The summed E-state index contributed by atoms with van der Waals surface area (Å²) >= 11 is 0. The lowest BCUT2D eigenvalue weighted by Gasteiger charge is -1.98. The zero-order valence-electron chi connectivity index (χ0n) is 11.6. The molecule has 0 unspecified atom stereocenters. The van der Waals surface area contributed by atoms with E-state index in [0.29, 0.717) is 0 Å². The van der Waals surface area contributed by atoms with Crippen molar-refractivity contribution >= 4 is 17.5 Å². The lowest BCUT2D eigenvalue weighted by molar-refractivity contribution is -0.154. The number of esters is 1. The normalized spacial score (nSPS) is 9.00. The molecule has 104 valence electrons. The van der Waals surface area contributed by atoms with Crippen LogP contribution in [0.15, 0.2) is 30.3 Å². The van der Waals surface area contributed by atoms with E-state index < -0.39 is 11.8 Å². The fraction of sp³-hybridized carbons (Fsp3) is 0.400. The van der Waals surface area contributed by atoms with Crippen LogP contribution in [0.5, 0.6) is 0 Å². The van der Waals surface area contributed by atoms with Crippen LogP contribution in [0, 0.1) is 6.92 Å². The van der Waals surface area contributed by atoms with E-state index >= 15 is 0 Å². The number of ketones is 2. The third-order valence-corrected chi connectivity index (χ3v) is 2.20. The van der Waals surface area contributed by atoms with E-state index in [1.54, 1.807) is 13.8 Å². The summed E-state index contributed by atoms with van der Waals surface area (Å²) in [6.07, 6.45) is -0.0690. The van der Waals surface area contributed by atoms with Crippen molar-refractivity contribution in [3.63, 3.8) is 0 Å². The summed E-state index contributed by atoms with van der Waals surface area (Å²) in [6, 6.07) is 10.3. The molecule has 0 aromatic heterocycles. The lowest BCUT2D eigenvalue weighted by atomic mass is 10.2. The molecule has 4 heteroatoms. The summed E-state index contributed by atoms with van der Waals surface area (Å²) in [5.74, 6) is -1.92. The second-order valence-electron chi connectivity index (χ2n) is 3.87. The third-order valence-electron chi connectivity index (χ3n) is 2.20. The van der Waals surface area contributed by atoms with Gasteiger partial charge in [-0.05, 0) is 13.8 Å². The molecule has 0 heterocycles. The SMILES string of the molecule is CCOC(=O)C(=O)CC(=O)CC.Cc1ccccc1. The highest BCUT2D eigenvalue weighted by Crippen LogP contribution is 1.93. The van der Waals surface area contributed by atoms with E-state index in [1.807, 2.05) is 18.2 Å². The molecule has 0 radical (unpaired) electrons. The summed E-state index contributed by atoms with van der Waals surface area (Å²) in [4.78, 5) is 32.2. The molecule has 0 aliphatic rings. The molecular weight excluding hydrogens is 244 g/mol. The Kier molecular flexibility index (Phi) is 8.96. The van der Waals surface area contributed by atoms with E-state index in [9.17, 15) is 14.4 Å². The first-order valence-electron chi connectivity index (χ1n) is 6.24. The van der Waals surface area contributed by atoms with Crippen molar-refractivity contribution in [1.82, 2.24) is 0 Å². The quantitative estimate of drug-likeness (QED) is 0.465. The van der Waals surface area contributed by atoms with Crippen LogP contribution in [0.4, 0.5) is 0 Å². The van der Waals surface area contributed by atoms with E-state index in [1.165, 1.54) is 5.56 Å². The molecule has 0 saturated carbocycles. The van der Waals surface area contributed by atoms with Gasteiger partial charge in [0.1, 0.15) is 5.78 Å². The van der Waals surface area contributed by atoms with E-state index in [-0.39, 0.29) is 25.2 Å². The van der Waals surface area contributed by atoms with E-state index in [0.717, 1.165) is 0 Å². The second kappa shape index (κ2) is 10.00. The molecule has 0 saturated heterocycles. The smallest absolute Gasteiger partial charge is 0.375 e. The van der Waals surface area contributed by atoms with E-state index in [2.05, 4.69) is 23.8 Å². The Bertz CT molecular complexity index is 409. The molecule has 19 heavy (non-hydrogen) atoms. The molecule has 1 aromatic carbocycles. The van der Waals surface area contributed by atoms with Crippen LogP contribution in [0.25, 0.3) is 0 Å². The number of hydrogen-bond acceptors (Lipinski definition) is 4. The summed E-state index contributed by atoms with van der Waals surface area (Å²) in [5.41, 5.74) is 1.32. The van der Waals surface area contributed by atoms with Gasteiger partial charge < -0.3 is 4.74 Å². The zero-order chi connectivity index (χ0) is 14.7. The fourth-order valence-electron chi connectivity index (χ4n) is 1.12. The van der Waals surface area contributed by atoms with Gasteiger partial charge in [0.2, 0.25) is 5.78 Å². The number of ether oxygens (including phenoxy) is 1. The van der Waals surface area contributed by atoms with Crippen molar-refractivity contribution in [2.75, 3.05) is 6.61 Å². The highest BCUT2D eigenvalue weighted by molar-refractivity contribution is 6.37. The maximum Gasteiger partial charge on any atom is 0.375 e. The van der Waals surface area contributed by atoms with Crippen molar-refractivity contribution < 1.29 is 19.1 Å². The van der Waals surface area contributed by atoms with Crippen LogP contribution >= 0.6 is 0 Å². The number of carbonyl (C=O) groups is 3. The van der Waals surface area contributed by atoms with Gasteiger partial charge in [0.25, 0.3) is 0 Å². The second-order valence-corrected chi connectivity index (χ2v) is 3.87. The third kappa shape index (κ3) is 8.71. The van der Waals surface area contributed by atoms with Crippen LogP contribution in [0.1, 0.15) is 32.3 Å². The van der Waals surface area contributed by atoms with Crippen molar-refractivity contribution in [2.24, 2.45) is 0 Å². The first kappa shape index (κ1) is 17.0. The Labute approximate surface area is 113 Å². The van der Waals surface area contributed by atoms with Gasteiger partial charge in [-0.2, -0.15) is 0 Å². The van der Waals surface area contributed by atoms with Gasteiger partial charge in [0, 0.05) is 6.42 Å². The maximum absolute atomic E-state index is 10.8. The lowest BCUT2D eigenvalue weighted by Crippen LogP contribution is -2.20. The average molecular weight is 264 g/mol. The van der Waals surface area contributed by atoms with Crippen molar-refractivity contribution in [3.05, 3.63) is 35.9 Å². The van der Waals surface area contributed by atoms with Crippen molar-refractivity contribution in [1.29, 1.82) is 0 Å². The highest BCUT2D eigenvalue weighted by atomic mass is 16.5. The standard InChI is InChI=1S/C8H12O4.C7H8/c1-3-6(9)5-7(10)8(11)12-4-2;1-7-5-3-2-4-6-7/h3-5H2,1-2H3;2-6H,1H3. The van der Waals surface area contributed by atoms with Gasteiger partial charge in [-0.15, -0.1) is 0 Å². The molecule has 4 nitrogen and oxygen atoms in total. The Morgan fingerprint density at radius 2 is 1.63 bits per heavy atom. The molecule has 0 aliphatic carbocycles. The zero-order valence-corrected chi connectivity index (χ0v) is 11.6. The molecule has 1 aromatic rings. The molecule has 0 aliphatic heterocycles.